The van der Waals surface area contributed by atoms with Gasteiger partial charge in [-0.15, -0.1) is 0 Å². The van der Waals surface area contributed by atoms with Gasteiger partial charge in [0.2, 0.25) is 0 Å². The van der Waals surface area contributed by atoms with Gasteiger partial charge in [-0.3, -0.25) is 10.1 Å². The van der Waals surface area contributed by atoms with Crippen molar-refractivity contribution in [2.75, 3.05) is 11.1 Å². The monoisotopic (exact) mass is 333 g/mol. The Labute approximate surface area is 139 Å². The molecule has 22 heavy (non-hydrogen) atoms. The van der Waals surface area contributed by atoms with Gasteiger partial charge in [0, 0.05) is 11.3 Å². The standard InChI is InChI=1S/C16H16ClN3OS/c1-2-10-3-5-11(6-4-10)15(21)20-16(22)19-14-8-7-12(18)9-13(14)17/h3-9H,2,18H2,1H3,(H2,19,20,21,22). The summed E-state index contributed by atoms with van der Waals surface area (Å²) in [5.41, 5.74) is 8.48. The minimum Gasteiger partial charge on any atom is -0.399 e. The fraction of sp³-hybridized carbons (Fsp3) is 0.125. The van der Waals surface area contributed by atoms with E-state index in [9.17, 15) is 4.79 Å². The molecule has 0 unspecified atom stereocenters. The first-order valence-electron chi connectivity index (χ1n) is 6.76. The second-order valence-corrected chi connectivity index (χ2v) is 5.51. The Morgan fingerprint density at radius 3 is 2.50 bits per heavy atom. The van der Waals surface area contributed by atoms with Crippen LogP contribution in [0.15, 0.2) is 42.5 Å². The Morgan fingerprint density at radius 1 is 1.23 bits per heavy atom. The Kier molecular flexibility index (Phi) is 5.35. The fourth-order valence-electron chi connectivity index (χ4n) is 1.85. The van der Waals surface area contributed by atoms with E-state index in [2.05, 4.69) is 17.6 Å². The van der Waals surface area contributed by atoms with Crippen LogP contribution in [0.5, 0.6) is 0 Å². The Hall–Kier alpha value is -2.11. The Bertz CT molecular complexity index is 701. The number of hydrogen-bond acceptors (Lipinski definition) is 3. The smallest absolute Gasteiger partial charge is 0.257 e. The number of nitrogens with one attached hydrogen (secondary N) is 2. The lowest BCUT2D eigenvalue weighted by Crippen LogP contribution is -2.34. The van der Waals surface area contributed by atoms with Crippen molar-refractivity contribution in [1.82, 2.24) is 5.32 Å². The van der Waals surface area contributed by atoms with Gasteiger partial charge in [-0.1, -0.05) is 30.7 Å². The van der Waals surface area contributed by atoms with Gasteiger partial charge in [-0.05, 0) is 54.5 Å². The second kappa shape index (κ2) is 7.24. The number of halogens is 1. The molecule has 2 aromatic carbocycles. The molecule has 0 bridgehead atoms. The summed E-state index contributed by atoms with van der Waals surface area (Å²) in [5, 5.41) is 6.10. The maximum atomic E-state index is 12.1. The molecule has 0 saturated heterocycles. The number of benzene rings is 2. The first-order chi connectivity index (χ1) is 10.5. The summed E-state index contributed by atoms with van der Waals surface area (Å²) in [6.07, 6.45) is 0.928. The van der Waals surface area contributed by atoms with Crippen molar-refractivity contribution in [3.05, 3.63) is 58.6 Å². The number of nitrogens with two attached hydrogens (primary N) is 1. The summed E-state index contributed by atoms with van der Waals surface area (Å²) in [5.74, 6) is -0.272. The van der Waals surface area contributed by atoms with Crippen LogP contribution in [-0.4, -0.2) is 11.0 Å². The highest BCUT2D eigenvalue weighted by Gasteiger charge is 2.09. The fourth-order valence-corrected chi connectivity index (χ4v) is 2.29. The molecule has 2 rings (SSSR count). The zero-order chi connectivity index (χ0) is 16.1. The molecule has 0 saturated carbocycles. The average molecular weight is 334 g/mol. The van der Waals surface area contributed by atoms with Gasteiger partial charge in [0.25, 0.3) is 5.91 Å². The number of thiocarbonyl (C=S) groups is 1. The van der Waals surface area contributed by atoms with Gasteiger partial charge in [0.1, 0.15) is 0 Å². The molecule has 1 amide bonds. The van der Waals surface area contributed by atoms with Crippen molar-refractivity contribution in [2.24, 2.45) is 0 Å². The normalized spacial score (nSPS) is 10.1. The van der Waals surface area contributed by atoms with E-state index in [-0.39, 0.29) is 11.0 Å². The Morgan fingerprint density at radius 2 is 1.91 bits per heavy atom. The van der Waals surface area contributed by atoms with Crippen molar-refractivity contribution in [3.8, 4) is 0 Å². The van der Waals surface area contributed by atoms with Gasteiger partial charge in [0.15, 0.2) is 5.11 Å². The number of carbonyl (C=O) groups is 1. The van der Waals surface area contributed by atoms with E-state index < -0.39 is 0 Å². The van der Waals surface area contributed by atoms with E-state index in [0.29, 0.717) is 22.0 Å². The maximum absolute atomic E-state index is 12.1. The number of hydrogen-bond donors (Lipinski definition) is 3. The number of amides is 1. The molecule has 0 aliphatic rings. The van der Waals surface area contributed by atoms with Crippen molar-refractivity contribution in [3.63, 3.8) is 0 Å². The van der Waals surface area contributed by atoms with Crippen molar-refractivity contribution in [2.45, 2.75) is 13.3 Å². The lowest BCUT2D eigenvalue weighted by molar-refractivity contribution is 0.0977. The minimum atomic E-state index is -0.272. The van der Waals surface area contributed by atoms with Gasteiger partial charge in [-0.2, -0.15) is 0 Å². The van der Waals surface area contributed by atoms with E-state index in [1.54, 1.807) is 30.3 Å². The van der Waals surface area contributed by atoms with Crippen LogP contribution in [0.1, 0.15) is 22.8 Å². The number of rotatable bonds is 3. The molecule has 0 aromatic heterocycles. The summed E-state index contributed by atoms with van der Waals surface area (Å²) >= 11 is 11.2. The van der Waals surface area contributed by atoms with Crippen LogP contribution in [0.3, 0.4) is 0 Å². The van der Waals surface area contributed by atoms with Gasteiger partial charge < -0.3 is 11.1 Å². The Balaban J connectivity index is 2.00. The lowest BCUT2D eigenvalue weighted by Gasteiger charge is -2.11. The molecule has 114 valence electrons. The maximum Gasteiger partial charge on any atom is 0.257 e. The largest absolute Gasteiger partial charge is 0.399 e. The van der Waals surface area contributed by atoms with Gasteiger partial charge in [-0.25, -0.2) is 0 Å². The third-order valence-corrected chi connectivity index (χ3v) is 3.61. The van der Waals surface area contributed by atoms with E-state index in [4.69, 9.17) is 29.6 Å². The lowest BCUT2D eigenvalue weighted by atomic mass is 10.1. The number of nitrogen functional groups attached to an aromatic ring is 1. The zero-order valence-electron chi connectivity index (χ0n) is 12.0. The van der Waals surface area contributed by atoms with Crippen LogP contribution in [0.4, 0.5) is 11.4 Å². The van der Waals surface area contributed by atoms with Crippen LogP contribution in [0, 0.1) is 0 Å². The molecule has 2 aromatic rings. The summed E-state index contributed by atoms with van der Waals surface area (Å²) in [6.45, 7) is 2.06. The highest BCUT2D eigenvalue weighted by atomic mass is 35.5. The molecular weight excluding hydrogens is 318 g/mol. The molecule has 4 N–H and O–H groups in total. The van der Waals surface area contributed by atoms with Crippen molar-refractivity contribution < 1.29 is 4.79 Å². The minimum absolute atomic E-state index is 0.177. The second-order valence-electron chi connectivity index (χ2n) is 4.70. The summed E-state index contributed by atoms with van der Waals surface area (Å²) in [7, 11) is 0. The number of anilines is 2. The SMILES string of the molecule is CCc1ccc(C(=O)NC(=S)Nc2ccc(N)cc2Cl)cc1. The van der Waals surface area contributed by atoms with E-state index in [0.717, 1.165) is 6.42 Å². The quantitative estimate of drug-likeness (QED) is 0.593. The average Bonchev–Trinajstić information content (AvgIpc) is 2.50. The molecule has 4 nitrogen and oxygen atoms in total. The third kappa shape index (κ3) is 4.19. The van der Waals surface area contributed by atoms with Crippen LogP contribution in [-0.2, 0) is 6.42 Å². The van der Waals surface area contributed by atoms with Gasteiger partial charge in [0.05, 0.1) is 10.7 Å². The highest BCUT2D eigenvalue weighted by molar-refractivity contribution is 7.80. The van der Waals surface area contributed by atoms with Crippen LogP contribution in [0.2, 0.25) is 5.02 Å². The molecule has 0 heterocycles. The predicted molar refractivity (Wildman–Crippen MR) is 95.4 cm³/mol. The molecular formula is C16H16ClN3OS. The van der Waals surface area contributed by atoms with Gasteiger partial charge >= 0.3 is 0 Å². The van der Waals surface area contributed by atoms with E-state index in [1.165, 1.54) is 5.56 Å². The van der Waals surface area contributed by atoms with E-state index in [1.807, 2.05) is 12.1 Å². The topological polar surface area (TPSA) is 67.2 Å². The summed E-state index contributed by atoms with van der Waals surface area (Å²) in [6, 6.07) is 12.4. The van der Waals surface area contributed by atoms with E-state index >= 15 is 0 Å². The molecule has 0 spiro atoms. The summed E-state index contributed by atoms with van der Waals surface area (Å²) in [4.78, 5) is 12.1. The molecule has 0 aliphatic heterocycles. The highest BCUT2D eigenvalue weighted by Crippen LogP contribution is 2.23. The molecule has 0 aliphatic carbocycles. The summed E-state index contributed by atoms with van der Waals surface area (Å²) < 4.78 is 0. The van der Waals surface area contributed by atoms with Crippen molar-refractivity contribution >= 4 is 46.2 Å². The van der Waals surface area contributed by atoms with Crippen LogP contribution < -0.4 is 16.4 Å². The van der Waals surface area contributed by atoms with Crippen LogP contribution >= 0.6 is 23.8 Å². The molecule has 0 atom stereocenters. The number of aryl methyl sites for hydroxylation is 1. The first-order valence-corrected chi connectivity index (χ1v) is 7.54. The molecule has 0 fully saturated rings. The zero-order valence-corrected chi connectivity index (χ0v) is 13.6. The third-order valence-electron chi connectivity index (χ3n) is 3.09. The van der Waals surface area contributed by atoms with Crippen LogP contribution in [0.25, 0.3) is 0 Å². The predicted octanol–water partition coefficient (Wildman–Crippen LogP) is 3.61. The van der Waals surface area contributed by atoms with Crippen molar-refractivity contribution in [1.29, 1.82) is 0 Å². The molecule has 6 heteroatoms. The first kappa shape index (κ1) is 16.3. The molecule has 0 radical (unpaired) electrons. The number of carbonyl (C=O) groups excluding carboxylic acids is 1.